The number of benzene rings is 1. The summed E-state index contributed by atoms with van der Waals surface area (Å²) in [5.41, 5.74) is 0.933. The van der Waals surface area contributed by atoms with Crippen molar-refractivity contribution in [2.45, 2.75) is 25.3 Å². The van der Waals surface area contributed by atoms with E-state index in [1.165, 1.54) is 0 Å². The Bertz CT molecular complexity index is 582. The summed E-state index contributed by atoms with van der Waals surface area (Å²) >= 11 is 0. The maximum Gasteiger partial charge on any atom is 0.212 e. The standard InChI is InChI=1S/C15H22N2O3S/c18-21(19,10-7-12-5-8-16-9-6-12)17-14-11-20-15-4-2-1-3-13(14)15/h1-4,12,14,16-17H,5-11H2. The minimum Gasteiger partial charge on any atom is -0.491 e. The van der Waals surface area contributed by atoms with E-state index in [4.69, 9.17) is 4.74 Å². The largest absolute Gasteiger partial charge is 0.491 e. The van der Waals surface area contributed by atoms with E-state index < -0.39 is 10.0 Å². The van der Waals surface area contributed by atoms with Crippen molar-refractivity contribution in [3.63, 3.8) is 0 Å². The summed E-state index contributed by atoms with van der Waals surface area (Å²) in [6.45, 7) is 2.38. The maximum absolute atomic E-state index is 12.3. The summed E-state index contributed by atoms with van der Waals surface area (Å²) < 4.78 is 32.8. The van der Waals surface area contributed by atoms with Crippen molar-refractivity contribution in [3.8, 4) is 5.75 Å². The second-order valence-corrected chi connectivity index (χ2v) is 7.69. The van der Waals surface area contributed by atoms with Crippen LogP contribution in [0, 0.1) is 5.92 Å². The zero-order chi connectivity index (χ0) is 14.7. The van der Waals surface area contributed by atoms with E-state index in [9.17, 15) is 8.42 Å². The fourth-order valence-electron chi connectivity index (χ4n) is 3.03. The van der Waals surface area contributed by atoms with Gasteiger partial charge in [0.05, 0.1) is 11.8 Å². The minimum absolute atomic E-state index is 0.205. The van der Waals surface area contributed by atoms with Gasteiger partial charge in [0.2, 0.25) is 10.0 Å². The lowest BCUT2D eigenvalue weighted by Gasteiger charge is -2.22. The normalized spacial score (nSPS) is 22.8. The molecule has 1 unspecified atom stereocenters. The van der Waals surface area contributed by atoms with Crippen molar-refractivity contribution in [1.29, 1.82) is 0 Å². The zero-order valence-electron chi connectivity index (χ0n) is 12.0. The van der Waals surface area contributed by atoms with Crippen LogP contribution in [0.2, 0.25) is 0 Å². The average Bonchev–Trinajstić information content (AvgIpc) is 2.89. The highest BCUT2D eigenvalue weighted by Gasteiger charge is 2.28. The van der Waals surface area contributed by atoms with Crippen LogP contribution in [0.25, 0.3) is 0 Å². The van der Waals surface area contributed by atoms with Crippen LogP contribution in [0.4, 0.5) is 0 Å². The Labute approximate surface area is 126 Å². The van der Waals surface area contributed by atoms with Crippen molar-refractivity contribution in [3.05, 3.63) is 29.8 Å². The molecule has 0 saturated carbocycles. The Morgan fingerprint density at radius 1 is 1.24 bits per heavy atom. The fraction of sp³-hybridized carbons (Fsp3) is 0.600. The summed E-state index contributed by atoms with van der Waals surface area (Å²) in [6.07, 6.45) is 2.89. The summed E-state index contributed by atoms with van der Waals surface area (Å²) in [4.78, 5) is 0. The first-order valence-electron chi connectivity index (χ1n) is 7.56. The number of piperidine rings is 1. The van der Waals surface area contributed by atoms with Gasteiger partial charge in [0.15, 0.2) is 0 Å². The van der Waals surface area contributed by atoms with Crippen molar-refractivity contribution in [2.75, 3.05) is 25.4 Å². The van der Waals surface area contributed by atoms with Gasteiger partial charge in [-0.25, -0.2) is 13.1 Å². The average molecular weight is 310 g/mol. The van der Waals surface area contributed by atoms with Gasteiger partial charge in [-0.05, 0) is 44.3 Å². The number of nitrogens with one attached hydrogen (secondary N) is 2. The molecule has 116 valence electrons. The third-order valence-corrected chi connectivity index (χ3v) is 5.69. The first-order chi connectivity index (χ1) is 10.1. The quantitative estimate of drug-likeness (QED) is 0.863. The number of sulfonamides is 1. The summed E-state index contributed by atoms with van der Waals surface area (Å²) in [5, 5.41) is 3.30. The Hall–Kier alpha value is -1.11. The molecule has 2 aliphatic heterocycles. The molecule has 1 saturated heterocycles. The molecule has 5 nitrogen and oxygen atoms in total. The van der Waals surface area contributed by atoms with Crippen LogP contribution in [0.3, 0.4) is 0 Å². The van der Waals surface area contributed by atoms with E-state index in [0.717, 1.165) is 43.7 Å². The summed E-state index contributed by atoms with van der Waals surface area (Å²) in [7, 11) is -3.26. The SMILES string of the molecule is O=S(=O)(CCC1CCNCC1)NC1COc2ccccc21. The van der Waals surface area contributed by atoms with Gasteiger partial charge in [-0.3, -0.25) is 0 Å². The molecule has 0 aromatic heterocycles. The molecule has 0 bridgehead atoms. The van der Waals surface area contributed by atoms with Crippen LogP contribution in [0.5, 0.6) is 5.75 Å². The molecule has 1 fully saturated rings. The molecular weight excluding hydrogens is 288 g/mol. The molecule has 1 atom stereocenters. The van der Waals surface area contributed by atoms with Crippen molar-refractivity contribution in [1.82, 2.24) is 10.0 Å². The van der Waals surface area contributed by atoms with Crippen LogP contribution in [0.1, 0.15) is 30.9 Å². The molecule has 2 heterocycles. The molecule has 21 heavy (non-hydrogen) atoms. The van der Waals surface area contributed by atoms with Gasteiger partial charge in [0, 0.05) is 5.56 Å². The van der Waals surface area contributed by atoms with Crippen LogP contribution in [-0.4, -0.2) is 33.9 Å². The molecule has 0 aliphatic carbocycles. The number of ether oxygens (including phenoxy) is 1. The third-order valence-electron chi connectivity index (χ3n) is 4.28. The number of para-hydroxylation sites is 1. The third kappa shape index (κ3) is 3.75. The molecule has 0 radical (unpaired) electrons. The second-order valence-electron chi connectivity index (χ2n) is 5.82. The second kappa shape index (κ2) is 6.34. The number of hydrogen-bond acceptors (Lipinski definition) is 4. The first-order valence-corrected chi connectivity index (χ1v) is 9.22. The molecule has 6 heteroatoms. The molecule has 2 N–H and O–H groups in total. The molecule has 3 rings (SSSR count). The van der Waals surface area contributed by atoms with Gasteiger partial charge in [-0.15, -0.1) is 0 Å². The predicted octanol–water partition coefficient (Wildman–Crippen LogP) is 1.43. The Kier molecular flexibility index (Phi) is 4.47. The van der Waals surface area contributed by atoms with Gasteiger partial charge < -0.3 is 10.1 Å². The van der Waals surface area contributed by atoms with E-state index in [1.54, 1.807) is 0 Å². The molecule has 0 amide bonds. The van der Waals surface area contributed by atoms with Crippen LogP contribution < -0.4 is 14.8 Å². The smallest absolute Gasteiger partial charge is 0.212 e. The lowest BCUT2D eigenvalue weighted by molar-refractivity contribution is 0.324. The van der Waals surface area contributed by atoms with Crippen molar-refractivity contribution in [2.24, 2.45) is 5.92 Å². The Morgan fingerprint density at radius 2 is 2.00 bits per heavy atom. The number of fused-ring (bicyclic) bond motifs is 1. The monoisotopic (exact) mass is 310 g/mol. The van der Waals surface area contributed by atoms with E-state index >= 15 is 0 Å². The number of rotatable bonds is 5. The van der Waals surface area contributed by atoms with Gasteiger partial charge >= 0.3 is 0 Å². The summed E-state index contributed by atoms with van der Waals surface area (Å²) in [5.74, 6) is 1.51. The predicted molar refractivity (Wildman–Crippen MR) is 81.8 cm³/mol. The van der Waals surface area contributed by atoms with Crippen molar-refractivity contribution < 1.29 is 13.2 Å². The van der Waals surface area contributed by atoms with Crippen LogP contribution in [0.15, 0.2) is 24.3 Å². The van der Waals surface area contributed by atoms with Gasteiger partial charge in [-0.1, -0.05) is 18.2 Å². The van der Waals surface area contributed by atoms with Crippen LogP contribution >= 0.6 is 0 Å². The van der Waals surface area contributed by atoms with E-state index in [-0.39, 0.29) is 11.8 Å². The molecule has 1 aromatic rings. The first kappa shape index (κ1) is 14.8. The Morgan fingerprint density at radius 3 is 2.81 bits per heavy atom. The lowest BCUT2D eigenvalue weighted by Crippen LogP contribution is -2.33. The van der Waals surface area contributed by atoms with Crippen molar-refractivity contribution >= 4 is 10.0 Å². The highest BCUT2D eigenvalue weighted by Crippen LogP contribution is 2.32. The lowest BCUT2D eigenvalue weighted by atomic mass is 9.96. The maximum atomic E-state index is 12.3. The molecule has 2 aliphatic rings. The van der Waals surface area contributed by atoms with Gasteiger partial charge in [0.25, 0.3) is 0 Å². The van der Waals surface area contributed by atoms with Crippen LogP contribution in [-0.2, 0) is 10.0 Å². The minimum atomic E-state index is -3.26. The van der Waals surface area contributed by atoms with E-state index in [2.05, 4.69) is 10.0 Å². The fourth-order valence-corrected chi connectivity index (χ4v) is 4.42. The number of hydrogen-bond donors (Lipinski definition) is 2. The van der Waals surface area contributed by atoms with Gasteiger partial charge in [-0.2, -0.15) is 0 Å². The molecule has 0 spiro atoms. The molecule has 1 aromatic carbocycles. The zero-order valence-corrected chi connectivity index (χ0v) is 12.9. The Balaban J connectivity index is 1.56. The summed E-state index contributed by atoms with van der Waals surface area (Å²) in [6, 6.07) is 7.34. The van der Waals surface area contributed by atoms with E-state index in [0.29, 0.717) is 12.5 Å². The topological polar surface area (TPSA) is 67.4 Å². The molecular formula is C15H22N2O3S. The van der Waals surface area contributed by atoms with E-state index in [1.807, 2.05) is 24.3 Å². The highest BCUT2D eigenvalue weighted by atomic mass is 32.2. The van der Waals surface area contributed by atoms with Gasteiger partial charge in [0.1, 0.15) is 12.4 Å². The highest BCUT2D eigenvalue weighted by molar-refractivity contribution is 7.89.